The minimum atomic E-state index is -0.532. The largest absolute Gasteiger partial charge is 0.397 e. The third-order valence-corrected chi connectivity index (χ3v) is 4.77. The molecule has 23 heavy (non-hydrogen) atoms. The van der Waals surface area contributed by atoms with E-state index >= 15 is 0 Å². The molecule has 6 heteroatoms. The van der Waals surface area contributed by atoms with Crippen LogP contribution in [0.2, 0.25) is 5.02 Å². The van der Waals surface area contributed by atoms with Gasteiger partial charge in [-0.25, -0.2) is 4.98 Å². The summed E-state index contributed by atoms with van der Waals surface area (Å²) in [7, 11) is 0. The van der Waals surface area contributed by atoms with E-state index < -0.39 is 5.91 Å². The summed E-state index contributed by atoms with van der Waals surface area (Å²) in [5, 5.41) is 1.46. The molecule has 0 aliphatic rings. The molecule has 1 amide bonds. The zero-order valence-corrected chi connectivity index (χ0v) is 13.9. The lowest BCUT2D eigenvalue weighted by molar-refractivity contribution is 0.100. The molecule has 116 valence electrons. The summed E-state index contributed by atoms with van der Waals surface area (Å²) in [6.45, 7) is 1.90. The van der Waals surface area contributed by atoms with Crippen LogP contribution in [-0.4, -0.2) is 10.9 Å². The number of amides is 1. The predicted molar refractivity (Wildman–Crippen MR) is 97.7 cm³/mol. The van der Waals surface area contributed by atoms with Crippen LogP contribution < -0.4 is 11.5 Å². The lowest BCUT2D eigenvalue weighted by Gasteiger charge is -2.02. The first-order valence-corrected chi connectivity index (χ1v) is 8.08. The van der Waals surface area contributed by atoms with Crippen molar-refractivity contribution in [2.45, 2.75) is 6.92 Å². The SMILES string of the molecule is Cc1cc(C=Cc2ccc(Cl)cc2)c2c(N)c(C(N)=O)sc2n1. The van der Waals surface area contributed by atoms with Gasteiger partial charge in [0.1, 0.15) is 9.71 Å². The Morgan fingerprint density at radius 2 is 1.96 bits per heavy atom. The number of pyridine rings is 1. The molecule has 0 saturated heterocycles. The number of anilines is 1. The van der Waals surface area contributed by atoms with Crippen LogP contribution >= 0.6 is 22.9 Å². The van der Waals surface area contributed by atoms with Gasteiger partial charge in [0.2, 0.25) is 0 Å². The van der Waals surface area contributed by atoms with Crippen molar-refractivity contribution in [1.82, 2.24) is 4.98 Å². The van der Waals surface area contributed by atoms with Crippen LogP contribution in [0.25, 0.3) is 22.4 Å². The molecular weight excluding hydrogens is 330 g/mol. The number of primary amides is 1. The van der Waals surface area contributed by atoms with E-state index in [1.54, 1.807) is 0 Å². The second kappa shape index (κ2) is 6.02. The van der Waals surface area contributed by atoms with E-state index in [0.29, 0.717) is 20.4 Å². The highest BCUT2D eigenvalue weighted by Gasteiger charge is 2.17. The van der Waals surface area contributed by atoms with Crippen LogP contribution in [0.15, 0.2) is 30.3 Å². The number of hydrogen-bond acceptors (Lipinski definition) is 4. The zero-order chi connectivity index (χ0) is 16.6. The van der Waals surface area contributed by atoms with Crippen LogP contribution in [0.1, 0.15) is 26.5 Å². The molecule has 0 aliphatic heterocycles. The number of carbonyl (C=O) groups is 1. The molecule has 1 aromatic carbocycles. The molecular formula is C17H14ClN3OS. The number of nitrogen functional groups attached to an aromatic ring is 1. The molecule has 0 atom stereocenters. The minimum absolute atomic E-state index is 0.347. The van der Waals surface area contributed by atoms with Gasteiger partial charge in [0, 0.05) is 16.1 Å². The first-order chi connectivity index (χ1) is 11.0. The van der Waals surface area contributed by atoms with Gasteiger partial charge in [0.25, 0.3) is 5.91 Å². The van der Waals surface area contributed by atoms with E-state index in [1.165, 1.54) is 11.3 Å². The number of nitrogens with two attached hydrogens (primary N) is 2. The number of hydrogen-bond donors (Lipinski definition) is 2. The van der Waals surface area contributed by atoms with Gasteiger partial charge < -0.3 is 11.5 Å². The summed E-state index contributed by atoms with van der Waals surface area (Å²) in [4.78, 5) is 17.0. The van der Waals surface area contributed by atoms with Gasteiger partial charge in [0.15, 0.2) is 0 Å². The average molecular weight is 344 g/mol. The van der Waals surface area contributed by atoms with Crippen molar-refractivity contribution in [2.24, 2.45) is 5.73 Å². The summed E-state index contributed by atoms with van der Waals surface area (Å²) in [6, 6.07) is 9.45. The molecule has 4 N–H and O–H groups in total. The highest BCUT2D eigenvalue weighted by Crippen LogP contribution is 2.35. The first-order valence-electron chi connectivity index (χ1n) is 6.89. The van der Waals surface area contributed by atoms with Crippen LogP contribution in [0.3, 0.4) is 0 Å². The number of halogens is 1. The minimum Gasteiger partial charge on any atom is -0.397 e. The summed E-state index contributed by atoms with van der Waals surface area (Å²) in [5.41, 5.74) is 14.6. The average Bonchev–Trinajstić information content (AvgIpc) is 2.83. The van der Waals surface area contributed by atoms with Crippen molar-refractivity contribution in [3.63, 3.8) is 0 Å². The number of aryl methyl sites for hydroxylation is 1. The second-order valence-electron chi connectivity index (χ2n) is 5.13. The Kier molecular flexibility index (Phi) is 4.07. The Hall–Kier alpha value is -2.37. The Morgan fingerprint density at radius 3 is 2.61 bits per heavy atom. The maximum Gasteiger partial charge on any atom is 0.260 e. The Bertz CT molecular complexity index is 929. The quantitative estimate of drug-likeness (QED) is 0.750. The normalized spacial score (nSPS) is 11.4. The van der Waals surface area contributed by atoms with Crippen LogP contribution in [0, 0.1) is 6.92 Å². The molecule has 0 radical (unpaired) electrons. The topological polar surface area (TPSA) is 82.0 Å². The zero-order valence-electron chi connectivity index (χ0n) is 12.3. The molecule has 2 aromatic heterocycles. The van der Waals surface area contributed by atoms with Gasteiger partial charge in [-0.3, -0.25) is 4.79 Å². The fourth-order valence-electron chi connectivity index (χ4n) is 2.35. The third kappa shape index (κ3) is 3.06. The molecule has 3 rings (SSSR count). The molecule has 0 aliphatic carbocycles. The summed E-state index contributed by atoms with van der Waals surface area (Å²) in [5.74, 6) is -0.532. The summed E-state index contributed by atoms with van der Waals surface area (Å²) < 4.78 is 0. The number of rotatable bonds is 3. The van der Waals surface area contributed by atoms with Crippen molar-refractivity contribution >= 4 is 56.9 Å². The number of benzene rings is 1. The Balaban J connectivity index is 2.12. The maximum atomic E-state index is 11.5. The summed E-state index contributed by atoms with van der Waals surface area (Å²) in [6.07, 6.45) is 3.92. The van der Waals surface area contributed by atoms with Crippen LogP contribution in [0.4, 0.5) is 5.69 Å². The van der Waals surface area contributed by atoms with Gasteiger partial charge >= 0.3 is 0 Å². The molecule has 0 saturated carbocycles. The third-order valence-electron chi connectivity index (χ3n) is 3.41. The van der Waals surface area contributed by atoms with Crippen molar-refractivity contribution in [3.8, 4) is 0 Å². The van der Waals surface area contributed by atoms with Crippen molar-refractivity contribution in [1.29, 1.82) is 0 Å². The molecule has 3 aromatic rings. The van der Waals surface area contributed by atoms with Gasteiger partial charge in [-0.1, -0.05) is 35.9 Å². The van der Waals surface area contributed by atoms with Crippen LogP contribution in [-0.2, 0) is 0 Å². The van der Waals surface area contributed by atoms with Crippen molar-refractivity contribution in [2.75, 3.05) is 5.73 Å². The Morgan fingerprint density at radius 1 is 1.26 bits per heavy atom. The molecule has 0 unspecified atom stereocenters. The van der Waals surface area contributed by atoms with Gasteiger partial charge in [-0.05, 0) is 36.2 Å². The van der Waals surface area contributed by atoms with E-state index in [0.717, 1.165) is 22.2 Å². The summed E-state index contributed by atoms with van der Waals surface area (Å²) >= 11 is 7.11. The fourth-order valence-corrected chi connectivity index (χ4v) is 3.50. The first kappa shape index (κ1) is 15.5. The van der Waals surface area contributed by atoms with E-state index in [4.69, 9.17) is 23.1 Å². The van der Waals surface area contributed by atoms with Gasteiger partial charge in [-0.2, -0.15) is 0 Å². The maximum absolute atomic E-state index is 11.5. The molecule has 2 heterocycles. The van der Waals surface area contributed by atoms with E-state index in [1.807, 2.05) is 49.4 Å². The van der Waals surface area contributed by atoms with Gasteiger partial charge in [0.05, 0.1) is 5.69 Å². The molecule has 4 nitrogen and oxygen atoms in total. The lowest BCUT2D eigenvalue weighted by atomic mass is 10.1. The smallest absolute Gasteiger partial charge is 0.260 e. The fraction of sp³-hybridized carbons (Fsp3) is 0.0588. The van der Waals surface area contributed by atoms with E-state index in [2.05, 4.69) is 4.98 Å². The second-order valence-corrected chi connectivity index (χ2v) is 6.56. The highest BCUT2D eigenvalue weighted by atomic mass is 35.5. The predicted octanol–water partition coefficient (Wildman–Crippen LogP) is 4.11. The molecule has 0 bridgehead atoms. The Labute approximate surface area is 142 Å². The van der Waals surface area contributed by atoms with Crippen molar-refractivity contribution in [3.05, 3.63) is 57.1 Å². The van der Waals surface area contributed by atoms with E-state index in [9.17, 15) is 4.79 Å². The number of fused-ring (bicyclic) bond motifs is 1. The number of aromatic nitrogens is 1. The highest BCUT2D eigenvalue weighted by molar-refractivity contribution is 7.21. The van der Waals surface area contributed by atoms with Crippen LogP contribution in [0.5, 0.6) is 0 Å². The standard InChI is InChI=1S/C17H14ClN3OS/c1-9-8-11(5-2-10-3-6-12(18)7-4-10)13-14(19)15(16(20)22)23-17(13)21-9/h2-8H,19H2,1H3,(H2,20,22). The number of nitrogens with zero attached hydrogens (tertiary/aromatic N) is 1. The number of thiophene rings is 1. The molecule has 0 spiro atoms. The molecule has 0 fully saturated rings. The monoisotopic (exact) mass is 343 g/mol. The lowest BCUT2D eigenvalue weighted by Crippen LogP contribution is -2.10. The number of carbonyl (C=O) groups excluding carboxylic acids is 1. The van der Waals surface area contributed by atoms with Gasteiger partial charge in [-0.15, -0.1) is 11.3 Å². The van der Waals surface area contributed by atoms with Crippen molar-refractivity contribution < 1.29 is 4.79 Å². The van der Waals surface area contributed by atoms with E-state index in [-0.39, 0.29) is 0 Å².